The second-order valence-corrected chi connectivity index (χ2v) is 3.26. The number of oxime groups is 1. The van der Waals surface area contributed by atoms with Gasteiger partial charge in [-0.2, -0.15) is 0 Å². The molecule has 18 heavy (non-hydrogen) atoms. The van der Waals surface area contributed by atoms with Crippen molar-refractivity contribution in [1.82, 2.24) is 15.4 Å². The molecule has 5 N–H and O–H groups in total. The molecule has 92 valence electrons. The lowest BCUT2D eigenvalue weighted by atomic mass is 10.2. The fourth-order valence-electron chi connectivity index (χ4n) is 1.39. The van der Waals surface area contributed by atoms with E-state index in [0.29, 0.717) is 11.0 Å². The molecule has 1 aromatic carbocycles. The summed E-state index contributed by atoms with van der Waals surface area (Å²) >= 11 is 0. The van der Waals surface area contributed by atoms with Gasteiger partial charge >= 0.3 is 0 Å². The molecule has 0 aliphatic carbocycles. The maximum Gasteiger partial charge on any atom is 0.192 e. The highest BCUT2D eigenvalue weighted by Gasteiger charge is 2.11. The van der Waals surface area contributed by atoms with Crippen molar-refractivity contribution in [1.29, 1.82) is 0 Å². The van der Waals surface area contributed by atoms with Crippen molar-refractivity contribution in [2.24, 2.45) is 15.9 Å². The first-order chi connectivity index (χ1) is 8.76. The lowest BCUT2D eigenvalue weighted by Crippen LogP contribution is -2.16. The SMILES string of the molecule is N/C(=N\O)c1nc2ccccc2nc1N=CNO. The molecule has 0 aliphatic rings. The summed E-state index contributed by atoms with van der Waals surface area (Å²) in [5, 5.41) is 20.0. The monoisotopic (exact) mass is 246 g/mol. The third-order valence-corrected chi connectivity index (χ3v) is 2.15. The van der Waals surface area contributed by atoms with Gasteiger partial charge in [0.2, 0.25) is 0 Å². The van der Waals surface area contributed by atoms with E-state index in [9.17, 15) is 0 Å². The van der Waals surface area contributed by atoms with Gasteiger partial charge in [0.25, 0.3) is 0 Å². The average molecular weight is 246 g/mol. The van der Waals surface area contributed by atoms with E-state index in [0.717, 1.165) is 6.34 Å². The molecule has 8 nitrogen and oxygen atoms in total. The topological polar surface area (TPSA) is 129 Å². The first kappa shape index (κ1) is 11.7. The summed E-state index contributed by atoms with van der Waals surface area (Å²) in [6.07, 6.45) is 1.01. The molecule has 0 bridgehead atoms. The van der Waals surface area contributed by atoms with E-state index >= 15 is 0 Å². The number of benzene rings is 1. The molecule has 8 heteroatoms. The van der Waals surface area contributed by atoms with E-state index in [4.69, 9.17) is 16.1 Å². The van der Waals surface area contributed by atoms with Crippen LogP contribution in [0.15, 0.2) is 34.4 Å². The summed E-state index contributed by atoms with van der Waals surface area (Å²) in [6.45, 7) is 0. The van der Waals surface area contributed by atoms with E-state index in [1.807, 2.05) is 0 Å². The van der Waals surface area contributed by atoms with E-state index in [-0.39, 0.29) is 17.3 Å². The standard InChI is InChI=1S/C10H10N6O2/c11-9(16-18)8-10(12-5-13-17)15-7-4-2-1-3-6(7)14-8/h1-5,17-18H,(H2,11,16)(H,12,13,15). The maximum absolute atomic E-state index is 8.69. The van der Waals surface area contributed by atoms with Gasteiger partial charge in [0.15, 0.2) is 17.3 Å². The fraction of sp³-hybridized carbons (Fsp3) is 0. The van der Waals surface area contributed by atoms with E-state index < -0.39 is 0 Å². The summed E-state index contributed by atoms with van der Waals surface area (Å²) in [5.41, 5.74) is 8.57. The number of nitrogens with two attached hydrogens (primary N) is 1. The summed E-state index contributed by atoms with van der Waals surface area (Å²) < 4.78 is 0. The molecule has 2 aromatic rings. The smallest absolute Gasteiger partial charge is 0.192 e. The molecule has 1 aromatic heterocycles. The van der Waals surface area contributed by atoms with Crippen LogP contribution in [0, 0.1) is 0 Å². The Labute approximate surface area is 101 Å². The Morgan fingerprint density at radius 2 is 1.94 bits per heavy atom. The van der Waals surface area contributed by atoms with Crippen LogP contribution in [0.25, 0.3) is 11.0 Å². The average Bonchev–Trinajstić information content (AvgIpc) is 2.43. The van der Waals surface area contributed by atoms with Gasteiger partial charge < -0.3 is 10.9 Å². The zero-order valence-corrected chi connectivity index (χ0v) is 9.15. The Morgan fingerprint density at radius 3 is 2.56 bits per heavy atom. The van der Waals surface area contributed by atoms with E-state index in [1.165, 1.54) is 0 Å². The van der Waals surface area contributed by atoms with Crippen LogP contribution in [-0.4, -0.2) is 32.6 Å². The van der Waals surface area contributed by atoms with Crippen LogP contribution in [0.2, 0.25) is 0 Å². The highest BCUT2D eigenvalue weighted by atomic mass is 16.5. The Hall–Kier alpha value is -2.74. The molecule has 0 atom stereocenters. The molecule has 0 unspecified atom stereocenters. The molecule has 0 aliphatic heterocycles. The van der Waals surface area contributed by atoms with Crippen LogP contribution >= 0.6 is 0 Å². The number of hydrogen-bond donors (Lipinski definition) is 4. The van der Waals surface area contributed by atoms with Crippen molar-refractivity contribution in [2.45, 2.75) is 0 Å². The first-order valence-electron chi connectivity index (χ1n) is 4.93. The van der Waals surface area contributed by atoms with Crippen LogP contribution < -0.4 is 11.2 Å². The predicted molar refractivity (Wildman–Crippen MR) is 65.1 cm³/mol. The number of nitrogens with one attached hydrogen (secondary N) is 1. The number of nitrogens with zero attached hydrogens (tertiary/aromatic N) is 4. The number of amidine groups is 1. The maximum atomic E-state index is 8.69. The van der Waals surface area contributed by atoms with Gasteiger partial charge in [-0.1, -0.05) is 17.3 Å². The van der Waals surface area contributed by atoms with E-state index in [1.54, 1.807) is 29.7 Å². The van der Waals surface area contributed by atoms with Gasteiger partial charge in [-0.3, -0.25) is 10.7 Å². The van der Waals surface area contributed by atoms with Crippen molar-refractivity contribution in [3.63, 3.8) is 0 Å². The van der Waals surface area contributed by atoms with Crippen molar-refractivity contribution in [3.8, 4) is 0 Å². The number of rotatable bonds is 3. The minimum atomic E-state index is -0.210. The van der Waals surface area contributed by atoms with Gasteiger partial charge in [0.1, 0.15) is 6.34 Å². The zero-order valence-electron chi connectivity index (χ0n) is 9.15. The van der Waals surface area contributed by atoms with Crippen LogP contribution in [0.3, 0.4) is 0 Å². The predicted octanol–water partition coefficient (Wildman–Crippen LogP) is 0.363. The number of fused-ring (bicyclic) bond motifs is 1. The molecule has 0 amide bonds. The lowest BCUT2D eigenvalue weighted by molar-refractivity contribution is 0.240. The molecule has 0 radical (unpaired) electrons. The zero-order chi connectivity index (χ0) is 13.0. The summed E-state index contributed by atoms with van der Waals surface area (Å²) in [4.78, 5) is 12.2. The second-order valence-electron chi connectivity index (χ2n) is 3.26. The summed E-state index contributed by atoms with van der Waals surface area (Å²) in [7, 11) is 0. The number of aromatic nitrogens is 2. The molecular weight excluding hydrogens is 236 g/mol. The minimum Gasteiger partial charge on any atom is -0.409 e. The largest absolute Gasteiger partial charge is 0.409 e. The molecule has 0 fully saturated rings. The summed E-state index contributed by atoms with van der Waals surface area (Å²) in [5.74, 6) is -0.0797. The number of para-hydroxylation sites is 2. The molecule has 2 rings (SSSR count). The lowest BCUT2D eigenvalue weighted by Gasteiger charge is -2.04. The number of hydroxylamine groups is 1. The highest BCUT2D eigenvalue weighted by molar-refractivity contribution is 6.00. The van der Waals surface area contributed by atoms with Gasteiger partial charge in [-0.15, -0.1) is 0 Å². The molecular formula is C10H10N6O2. The Morgan fingerprint density at radius 1 is 1.28 bits per heavy atom. The molecule has 1 heterocycles. The summed E-state index contributed by atoms with van der Waals surface area (Å²) in [6, 6.07) is 7.10. The molecule has 0 spiro atoms. The van der Waals surface area contributed by atoms with Crippen molar-refractivity contribution in [2.75, 3.05) is 0 Å². The minimum absolute atomic E-state index is 0.127. The van der Waals surface area contributed by atoms with Gasteiger partial charge in [0.05, 0.1) is 11.0 Å². The van der Waals surface area contributed by atoms with E-state index in [2.05, 4.69) is 20.1 Å². The van der Waals surface area contributed by atoms with Crippen molar-refractivity contribution < 1.29 is 10.4 Å². The normalized spacial score (nSPS) is 12.2. The second kappa shape index (κ2) is 5.06. The highest BCUT2D eigenvalue weighted by Crippen LogP contribution is 2.18. The number of hydrogen-bond acceptors (Lipinski definition) is 6. The molecule has 0 saturated carbocycles. The first-order valence-corrected chi connectivity index (χ1v) is 4.93. The van der Waals surface area contributed by atoms with Gasteiger partial charge in [-0.25, -0.2) is 15.0 Å². The van der Waals surface area contributed by atoms with Crippen LogP contribution in [-0.2, 0) is 0 Å². The third-order valence-electron chi connectivity index (χ3n) is 2.15. The van der Waals surface area contributed by atoms with Gasteiger partial charge in [-0.05, 0) is 12.1 Å². The Balaban J connectivity index is 2.67. The molecule has 0 saturated heterocycles. The van der Waals surface area contributed by atoms with Crippen LogP contribution in [0.4, 0.5) is 5.82 Å². The van der Waals surface area contributed by atoms with Gasteiger partial charge in [0, 0.05) is 0 Å². The number of aliphatic imine (C=N–C) groups is 1. The fourth-order valence-corrected chi connectivity index (χ4v) is 1.39. The van der Waals surface area contributed by atoms with Crippen molar-refractivity contribution >= 4 is 29.0 Å². The van der Waals surface area contributed by atoms with Crippen molar-refractivity contribution in [3.05, 3.63) is 30.0 Å². The Bertz CT molecular complexity index is 625. The van der Waals surface area contributed by atoms with Crippen LogP contribution in [0.1, 0.15) is 5.69 Å². The van der Waals surface area contributed by atoms with Crippen LogP contribution in [0.5, 0.6) is 0 Å². The quantitative estimate of drug-likeness (QED) is 0.268. The Kier molecular flexibility index (Phi) is 3.30. The third kappa shape index (κ3) is 2.18.